The van der Waals surface area contributed by atoms with E-state index in [0.717, 1.165) is 16.5 Å². The first-order valence-electron chi connectivity index (χ1n) is 5.64. The number of para-hydroxylation sites is 1. The molecule has 0 aliphatic carbocycles. The van der Waals surface area contributed by atoms with Crippen LogP contribution in [-0.2, 0) is 11.2 Å². The van der Waals surface area contributed by atoms with Crippen LogP contribution >= 0.6 is 0 Å². The van der Waals surface area contributed by atoms with Gasteiger partial charge in [-0.2, -0.15) is 0 Å². The van der Waals surface area contributed by atoms with Crippen molar-refractivity contribution in [2.24, 2.45) is 0 Å². The Kier molecular flexibility index (Phi) is 3.64. The third-order valence-electron chi connectivity index (χ3n) is 2.76. The first-order valence-corrected chi connectivity index (χ1v) is 5.64. The van der Waals surface area contributed by atoms with Gasteiger partial charge in [-0.25, -0.2) is 0 Å². The van der Waals surface area contributed by atoms with Crippen molar-refractivity contribution in [1.82, 2.24) is 15.8 Å². The monoisotopic (exact) mass is 245 g/mol. The van der Waals surface area contributed by atoms with Crippen molar-refractivity contribution in [3.05, 3.63) is 48.3 Å². The fourth-order valence-electron chi connectivity index (χ4n) is 1.81. The Bertz CT molecular complexity index is 574. The summed E-state index contributed by atoms with van der Waals surface area (Å²) in [5.74, 6) is -0.405. The molecule has 0 aliphatic rings. The van der Waals surface area contributed by atoms with E-state index in [4.69, 9.17) is 5.21 Å². The number of benzene rings is 1. The number of fused-ring (bicyclic) bond motifs is 1. The lowest BCUT2D eigenvalue weighted by atomic mass is 10.1. The van der Waals surface area contributed by atoms with E-state index in [0.29, 0.717) is 13.0 Å². The Morgan fingerprint density at radius 1 is 1.39 bits per heavy atom. The van der Waals surface area contributed by atoms with E-state index < -0.39 is 5.91 Å². The highest BCUT2D eigenvalue weighted by molar-refractivity contribution is 5.91. The van der Waals surface area contributed by atoms with Gasteiger partial charge in [0.25, 0.3) is 5.91 Å². The highest BCUT2D eigenvalue weighted by Crippen LogP contribution is 2.17. The molecule has 0 unspecified atom stereocenters. The van der Waals surface area contributed by atoms with Crippen molar-refractivity contribution in [2.45, 2.75) is 6.42 Å². The van der Waals surface area contributed by atoms with E-state index in [1.165, 1.54) is 0 Å². The number of aromatic amines is 1. The zero-order chi connectivity index (χ0) is 13.0. The maximum Gasteiger partial charge on any atom is 0.269 e. The molecule has 0 fully saturated rings. The van der Waals surface area contributed by atoms with Crippen LogP contribution in [0.3, 0.4) is 0 Å². The minimum absolute atomic E-state index is 0.0612. The normalized spacial score (nSPS) is 10.3. The Morgan fingerprint density at radius 2 is 2.17 bits per heavy atom. The quantitative estimate of drug-likeness (QED) is 0.474. The summed E-state index contributed by atoms with van der Waals surface area (Å²) >= 11 is 0. The fourth-order valence-corrected chi connectivity index (χ4v) is 1.81. The highest BCUT2D eigenvalue weighted by atomic mass is 16.5. The summed E-state index contributed by atoms with van der Waals surface area (Å²) in [7, 11) is 0. The summed E-state index contributed by atoms with van der Waals surface area (Å²) in [6, 6.07) is 8.00. The first-order chi connectivity index (χ1) is 8.72. The van der Waals surface area contributed by atoms with Crippen LogP contribution in [-0.4, -0.2) is 22.6 Å². The number of hydroxylamine groups is 1. The second-order valence-corrected chi connectivity index (χ2v) is 3.96. The van der Waals surface area contributed by atoms with Crippen molar-refractivity contribution in [3.8, 4) is 0 Å². The van der Waals surface area contributed by atoms with Gasteiger partial charge in [-0.15, -0.1) is 0 Å². The lowest BCUT2D eigenvalue weighted by molar-refractivity contribution is -0.118. The molecule has 0 atom stereocenters. The summed E-state index contributed by atoms with van der Waals surface area (Å²) in [5, 5.41) is 12.3. The molecule has 2 aromatic rings. The van der Waals surface area contributed by atoms with Gasteiger partial charge in [0, 0.05) is 23.6 Å². The molecule has 0 spiro atoms. The Morgan fingerprint density at radius 3 is 2.94 bits per heavy atom. The standard InChI is InChI=1S/C13H15N3O2/c1-9(16-18)13(17)14-7-6-10-8-15-12-5-3-2-4-11(10)12/h2-5,8,15-16,18H,1,6-7H2,(H,14,17). The van der Waals surface area contributed by atoms with Crippen LogP contribution < -0.4 is 10.8 Å². The van der Waals surface area contributed by atoms with Gasteiger partial charge in [0.05, 0.1) is 0 Å². The molecule has 18 heavy (non-hydrogen) atoms. The number of hydrogen-bond donors (Lipinski definition) is 4. The zero-order valence-electron chi connectivity index (χ0n) is 9.86. The van der Waals surface area contributed by atoms with Crippen molar-refractivity contribution in [3.63, 3.8) is 0 Å². The summed E-state index contributed by atoms with van der Waals surface area (Å²) in [6.45, 7) is 3.85. The first kappa shape index (κ1) is 12.2. The molecular weight excluding hydrogens is 230 g/mol. The molecule has 4 N–H and O–H groups in total. The molecule has 94 valence electrons. The van der Waals surface area contributed by atoms with Crippen LogP contribution in [0.4, 0.5) is 0 Å². The molecule has 2 rings (SSSR count). The van der Waals surface area contributed by atoms with Gasteiger partial charge in [-0.05, 0) is 18.1 Å². The van der Waals surface area contributed by atoms with Crippen LogP contribution in [0, 0.1) is 0 Å². The van der Waals surface area contributed by atoms with Gasteiger partial charge in [-0.1, -0.05) is 24.8 Å². The molecular formula is C13H15N3O2. The largest absolute Gasteiger partial charge is 0.361 e. The van der Waals surface area contributed by atoms with Crippen LogP contribution in [0.5, 0.6) is 0 Å². The van der Waals surface area contributed by atoms with Gasteiger partial charge >= 0.3 is 0 Å². The topological polar surface area (TPSA) is 77.2 Å². The summed E-state index contributed by atoms with van der Waals surface area (Å²) in [6.07, 6.45) is 2.66. The molecule has 0 bridgehead atoms. The summed E-state index contributed by atoms with van der Waals surface area (Å²) in [4.78, 5) is 14.5. The second kappa shape index (κ2) is 5.37. The van der Waals surface area contributed by atoms with Crippen molar-refractivity contribution in [1.29, 1.82) is 0 Å². The van der Waals surface area contributed by atoms with Gasteiger partial charge in [0.1, 0.15) is 5.70 Å². The van der Waals surface area contributed by atoms with E-state index in [2.05, 4.69) is 16.9 Å². The van der Waals surface area contributed by atoms with Gasteiger partial charge in [0.2, 0.25) is 0 Å². The molecule has 1 aromatic carbocycles. The molecule has 0 saturated carbocycles. The van der Waals surface area contributed by atoms with Crippen molar-refractivity contribution >= 4 is 16.8 Å². The van der Waals surface area contributed by atoms with E-state index in [1.54, 1.807) is 5.48 Å². The third kappa shape index (κ3) is 2.52. The molecule has 1 aromatic heterocycles. The minimum Gasteiger partial charge on any atom is -0.361 e. The molecule has 5 heteroatoms. The van der Waals surface area contributed by atoms with Gasteiger partial charge < -0.3 is 10.3 Å². The molecule has 0 radical (unpaired) electrons. The summed E-state index contributed by atoms with van der Waals surface area (Å²) in [5.41, 5.74) is 3.89. The number of H-pyrrole nitrogens is 1. The third-order valence-corrected chi connectivity index (χ3v) is 2.76. The average Bonchev–Trinajstić information content (AvgIpc) is 2.81. The number of carbonyl (C=O) groups excluding carboxylic acids is 1. The van der Waals surface area contributed by atoms with Crippen molar-refractivity contribution in [2.75, 3.05) is 6.54 Å². The average molecular weight is 245 g/mol. The predicted octanol–water partition coefficient (Wildman–Crippen LogP) is 1.32. The highest BCUT2D eigenvalue weighted by Gasteiger charge is 2.06. The number of nitrogens with one attached hydrogen (secondary N) is 3. The molecule has 0 aliphatic heterocycles. The lowest BCUT2D eigenvalue weighted by Gasteiger charge is -2.05. The number of rotatable bonds is 5. The number of hydrogen-bond acceptors (Lipinski definition) is 3. The number of carbonyl (C=O) groups is 1. The lowest BCUT2D eigenvalue weighted by Crippen LogP contribution is -2.31. The minimum atomic E-state index is -0.405. The van der Waals surface area contributed by atoms with Crippen molar-refractivity contribution < 1.29 is 10.0 Å². The summed E-state index contributed by atoms with van der Waals surface area (Å²) < 4.78 is 0. The molecule has 1 amide bonds. The zero-order valence-corrected chi connectivity index (χ0v) is 9.86. The number of aromatic nitrogens is 1. The molecule has 0 saturated heterocycles. The van der Waals surface area contributed by atoms with Crippen LogP contribution in [0.2, 0.25) is 0 Å². The van der Waals surface area contributed by atoms with Gasteiger partial charge in [0.15, 0.2) is 0 Å². The maximum atomic E-state index is 11.3. The Labute approximate surface area is 104 Å². The molecule has 1 heterocycles. The van der Waals surface area contributed by atoms with E-state index in [-0.39, 0.29) is 5.70 Å². The Balaban J connectivity index is 1.95. The maximum absolute atomic E-state index is 11.3. The molecule has 5 nitrogen and oxygen atoms in total. The predicted molar refractivity (Wildman–Crippen MR) is 69.1 cm³/mol. The SMILES string of the molecule is C=C(NO)C(=O)NCCc1c[nH]c2ccccc12. The van der Waals surface area contributed by atoms with Crippen LogP contribution in [0.15, 0.2) is 42.7 Å². The smallest absolute Gasteiger partial charge is 0.269 e. The second-order valence-electron chi connectivity index (χ2n) is 3.96. The van der Waals surface area contributed by atoms with E-state index >= 15 is 0 Å². The van der Waals surface area contributed by atoms with Gasteiger partial charge in [-0.3, -0.25) is 15.5 Å². The fraction of sp³-hybridized carbons (Fsp3) is 0.154. The van der Waals surface area contributed by atoms with Crippen LogP contribution in [0.1, 0.15) is 5.56 Å². The van der Waals surface area contributed by atoms with Crippen LogP contribution in [0.25, 0.3) is 10.9 Å². The number of amides is 1. The Hall–Kier alpha value is -2.27. The van der Waals surface area contributed by atoms with E-state index in [9.17, 15) is 4.79 Å². The van der Waals surface area contributed by atoms with E-state index in [1.807, 2.05) is 30.5 Å².